The van der Waals surface area contributed by atoms with Gasteiger partial charge in [-0.15, -0.1) is 5.10 Å². The number of hydrogen-bond acceptors (Lipinski definition) is 7. The number of methoxy groups -OCH3 is 1. The zero-order chi connectivity index (χ0) is 26.0. The first-order valence-electron chi connectivity index (χ1n) is 13.0. The number of hydrogen-bond donors (Lipinski definition) is 1. The van der Waals surface area contributed by atoms with Crippen molar-refractivity contribution in [2.45, 2.75) is 50.7 Å². The van der Waals surface area contributed by atoms with Crippen LogP contribution in [0.3, 0.4) is 0 Å². The number of fused-ring (bicyclic) bond motifs is 2. The van der Waals surface area contributed by atoms with Crippen LogP contribution < -0.4 is 9.47 Å². The van der Waals surface area contributed by atoms with Gasteiger partial charge in [0.05, 0.1) is 24.6 Å². The van der Waals surface area contributed by atoms with Gasteiger partial charge in [-0.1, -0.05) is 0 Å². The predicted octanol–water partition coefficient (Wildman–Crippen LogP) is 4.11. The molecule has 0 bridgehead atoms. The van der Waals surface area contributed by atoms with E-state index in [9.17, 15) is 9.59 Å². The summed E-state index contributed by atoms with van der Waals surface area (Å²) in [7, 11) is 1.65. The number of aromatic amines is 1. The lowest BCUT2D eigenvalue weighted by Crippen LogP contribution is -2.52. The Balaban J connectivity index is 1.11. The van der Waals surface area contributed by atoms with Crippen molar-refractivity contribution in [3.8, 4) is 22.9 Å². The Morgan fingerprint density at radius 1 is 1.18 bits per heavy atom. The van der Waals surface area contributed by atoms with Crippen LogP contribution in [-0.2, 0) is 0 Å². The number of aryl methyl sites for hydroxylation is 1. The number of ketones is 1. The molecule has 1 N–H and O–H groups in total. The standard InChI is InChI=1S/C28H28N6O4/c1-16-15-34(19-4-5-19)21-12-18(13-24(37-2)25(16)21)27(36)33-9-7-28(8-10-33)14-22(35)20-11-17(3-6-23(20)38-28)26-29-31-32-30-26/h3,6,11-13,15,19H,4-5,7-10,14H2,1-2H3,(H,29,30,31,32). The van der Waals surface area contributed by atoms with E-state index in [4.69, 9.17) is 9.47 Å². The van der Waals surface area contributed by atoms with Crippen LogP contribution in [0.1, 0.15) is 64.4 Å². The second kappa shape index (κ2) is 8.41. The third-order valence-electron chi connectivity index (χ3n) is 8.16. The number of piperidine rings is 1. The van der Waals surface area contributed by atoms with Crippen molar-refractivity contribution in [2.75, 3.05) is 20.2 Å². The van der Waals surface area contributed by atoms with Crippen molar-refractivity contribution in [2.24, 2.45) is 0 Å². The van der Waals surface area contributed by atoms with Gasteiger partial charge < -0.3 is 18.9 Å². The molecule has 194 valence electrons. The number of nitrogens with zero attached hydrogens (tertiary/aromatic N) is 5. The van der Waals surface area contributed by atoms with Crippen LogP contribution >= 0.6 is 0 Å². The maximum Gasteiger partial charge on any atom is 0.254 e. The number of carbonyl (C=O) groups is 2. The van der Waals surface area contributed by atoms with Crippen LogP contribution in [-0.4, -0.2) is 67.6 Å². The third kappa shape index (κ3) is 3.66. The summed E-state index contributed by atoms with van der Waals surface area (Å²) in [5.41, 5.74) is 3.52. The molecule has 1 saturated heterocycles. The number of carbonyl (C=O) groups excluding carboxylic acids is 2. The van der Waals surface area contributed by atoms with Crippen LogP contribution in [0.2, 0.25) is 0 Å². The van der Waals surface area contributed by atoms with Gasteiger partial charge >= 0.3 is 0 Å². The average Bonchev–Trinajstić information content (AvgIpc) is 3.51. The third-order valence-corrected chi connectivity index (χ3v) is 8.16. The highest BCUT2D eigenvalue weighted by atomic mass is 16.5. The largest absolute Gasteiger partial charge is 0.496 e. The summed E-state index contributed by atoms with van der Waals surface area (Å²) in [6.45, 7) is 3.13. The summed E-state index contributed by atoms with van der Waals surface area (Å²) >= 11 is 0. The summed E-state index contributed by atoms with van der Waals surface area (Å²) in [6.07, 6.45) is 5.97. The second-order valence-corrected chi connectivity index (χ2v) is 10.7. The quantitative estimate of drug-likeness (QED) is 0.437. The highest BCUT2D eigenvalue weighted by molar-refractivity contribution is 6.02. The molecular formula is C28H28N6O4. The smallest absolute Gasteiger partial charge is 0.254 e. The van der Waals surface area contributed by atoms with Crippen molar-refractivity contribution in [3.63, 3.8) is 0 Å². The summed E-state index contributed by atoms with van der Waals surface area (Å²) in [4.78, 5) is 28.7. The molecule has 4 aromatic rings. The monoisotopic (exact) mass is 512 g/mol. The van der Waals surface area contributed by atoms with Gasteiger partial charge in [0.25, 0.3) is 5.91 Å². The van der Waals surface area contributed by atoms with Crippen LogP contribution in [0.5, 0.6) is 11.5 Å². The Hall–Kier alpha value is -4.21. The molecule has 2 aromatic carbocycles. The molecule has 10 heteroatoms. The zero-order valence-corrected chi connectivity index (χ0v) is 21.4. The fourth-order valence-electron chi connectivity index (χ4n) is 5.98. The number of aromatic nitrogens is 5. The highest BCUT2D eigenvalue weighted by Gasteiger charge is 2.44. The molecule has 1 amide bonds. The molecular weight excluding hydrogens is 484 g/mol. The van der Waals surface area contributed by atoms with E-state index < -0.39 is 5.60 Å². The number of Topliss-reactive ketones (excluding diaryl/α,β-unsaturated/α-hetero) is 1. The number of H-pyrrole nitrogens is 1. The van der Waals surface area contributed by atoms with Gasteiger partial charge in [0.1, 0.15) is 17.1 Å². The summed E-state index contributed by atoms with van der Waals surface area (Å²) in [5.74, 6) is 1.82. The fourth-order valence-corrected chi connectivity index (χ4v) is 5.98. The summed E-state index contributed by atoms with van der Waals surface area (Å²) in [6, 6.07) is 9.79. The number of likely N-dealkylation sites (tertiary alicyclic amines) is 1. The van der Waals surface area contributed by atoms with E-state index in [-0.39, 0.29) is 18.1 Å². The van der Waals surface area contributed by atoms with E-state index in [0.717, 1.165) is 27.8 Å². The maximum absolute atomic E-state index is 13.6. The van der Waals surface area contributed by atoms with Gasteiger partial charge in [-0.05, 0) is 66.1 Å². The topological polar surface area (TPSA) is 115 Å². The second-order valence-electron chi connectivity index (χ2n) is 10.7. The lowest BCUT2D eigenvalue weighted by molar-refractivity contribution is -0.00570. The van der Waals surface area contributed by atoms with Gasteiger partial charge in [-0.25, -0.2) is 5.10 Å². The first-order valence-corrected chi connectivity index (χ1v) is 13.0. The van der Waals surface area contributed by atoms with Crippen molar-refractivity contribution in [1.29, 1.82) is 0 Å². The molecule has 0 radical (unpaired) electrons. The first-order chi connectivity index (χ1) is 18.4. The molecule has 3 aliphatic rings. The predicted molar refractivity (Wildman–Crippen MR) is 139 cm³/mol. The highest BCUT2D eigenvalue weighted by Crippen LogP contribution is 2.43. The molecule has 1 saturated carbocycles. The number of benzene rings is 2. The molecule has 7 rings (SSSR count). The van der Waals surface area contributed by atoms with Crippen LogP contribution in [0.15, 0.2) is 36.5 Å². The number of tetrazole rings is 1. The normalized spacial score (nSPS) is 18.5. The zero-order valence-electron chi connectivity index (χ0n) is 21.4. The van der Waals surface area contributed by atoms with E-state index in [1.807, 2.05) is 29.2 Å². The van der Waals surface area contributed by atoms with Gasteiger partial charge in [-0.2, -0.15) is 0 Å². The van der Waals surface area contributed by atoms with E-state index in [0.29, 0.717) is 54.7 Å². The van der Waals surface area contributed by atoms with Crippen LogP contribution in [0.25, 0.3) is 22.3 Å². The minimum Gasteiger partial charge on any atom is -0.496 e. The fraction of sp³-hybridized carbons (Fsp3) is 0.393. The molecule has 1 spiro atoms. The number of rotatable bonds is 4. The number of amides is 1. The van der Waals surface area contributed by atoms with E-state index >= 15 is 0 Å². The minimum atomic E-state index is -0.602. The molecule has 1 aliphatic carbocycles. The molecule has 10 nitrogen and oxygen atoms in total. The average molecular weight is 513 g/mol. The molecule has 2 aliphatic heterocycles. The van der Waals surface area contributed by atoms with Gasteiger partial charge in [0.2, 0.25) is 0 Å². The van der Waals surface area contributed by atoms with Crippen molar-refractivity contribution in [3.05, 3.63) is 53.2 Å². The Labute approximate surface area is 218 Å². The van der Waals surface area contributed by atoms with Gasteiger partial charge in [-0.3, -0.25) is 9.59 Å². The van der Waals surface area contributed by atoms with Crippen molar-refractivity contribution >= 4 is 22.6 Å². The Morgan fingerprint density at radius 2 is 2.00 bits per heavy atom. The van der Waals surface area contributed by atoms with Gasteiger partial charge in [0, 0.05) is 54.7 Å². The van der Waals surface area contributed by atoms with Crippen LogP contribution in [0, 0.1) is 6.92 Å². The molecule has 2 aromatic heterocycles. The number of nitrogens with one attached hydrogen (secondary N) is 1. The van der Waals surface area contributed by atoms with E-state index in [1.165, 1.54) is 12.8 Å². The molecule has 0 unspecified atom stereocenters. The SMILES string of the molecule is COc1cc(C(=O)N2CCC3(CC2)CC(=O)c2cc(-c4nnn[nH]4)ccc2O3)cc2c1c(C)cn2C1CC1. The summed E-state index contributed by atoms with van der Waals surface area (Å²) < 4.78 is 14.4. The lowest BCUT2D eigenvalue weighted by atomic mass is 9.82. The van der Waals surface area contributed by atoms with E-state index in [1.54, 1.807) is 13.2 Å². The molecule has 0 atom stereocenters. The Kier molecular flexibility index (Phi) is 5.08. The summed E-state index contributed by atoms with van der Waals surface area (Å²) in [5, 5.41) is 14.9. The first kappa shape index (κ1) is 22.9. The lowest BCUT2D eigenvalue weighted by Gasteiger charge is -2.44. The molecule has 4 heterocycles. The molecule has 38 heavy (non-hydrogen) atoms. The minimum absolute atomic E-state index is 0.0194. The van der Waals surface area contributed by atoms with Crippen molar-refractivity contribution < 1.29 is 19.1 Å². The maximum atomic E-state index is 13.6. The van der Waals surface area contributed by atoms with Crippen LogP contribution in [0.4, 0.5) is 0 Å². The Bertz CT molecular complexity index is 1580. The Morgan fingerprint density at radius 3 is 2.71 bits per heavy atom. The number of ether oxygens (including phenoxy) is 2. The molecule has 2 fully saturated rings. The van der Waals surface area contributed by atoms with Crippen molar-refractivity contribution in [1.82, 2.24) is 30.1 Å². The van der Waals surface area contributed by atoms with Gasteiger partial charge in [0.15, 0.2) is 11.6 Å². The van der Waals surface area contributed by atoms with E-state index in [2.05, 4.69) is 38.3 Å².